The summed E-state index contributed by atoms with van der Waals surface area (Å²) in [6, 6.07) is 0.503. The van der Waals surface area contributed by atoms with Crippen molar-refractivity contribution in [1.29, 1.82) is 0 Å². The largest absolute Gasteiger partial charge is 0.314 e. The molecule has 1 atom stereocenters. The fourth-order valence-corrected chi connectivity index (χ4v) is 1.40. The van der Waals surface area contributed by atoms with Crippen LogP contribution in [0.4, 0.5) is 0 Å². The van der Waals surface area contributed by atoms with Crippen molar-refractivity contribution in [1.82, 2.24) is 10.4 Å². The van der Waals surface area contributed by atoms with E-state index < -0.39 is 0 Å². The van der Waals surface area contributed by atoms with Gasteiger partial charge in [-0.1, -0.05) is 6.42 Å². The van der Waals surface area contributed by atoms with Crippen LogP contribution in [0, 0.1) is 0 Å². The molecule has 10 heavy (non-hydrogen) atoms. The molecule has 0 saturated carbocycles. The molecule has 0 aliphatic carbocycles. The standard InChI is InChI=1S/C7H16N2O/c1-9(10)6-7-4-2-3-5-8-7/h7-8,10H,2-6H2,1H3. The third kappa shape index (κ3) is 2.64. The molecule has 0 aromatic carbocycles. The van der Waals surface area contributed by atoms with Gasteiger partial charge in [0.2, 0.25) is 0 Å². The lowest BCUT2D eigenvalue weighted by Gasteiger charge is -2.25. The average Bonchev–Trinajstić information content (AvgIpc) is 1.88. The van der Waals surface area contributed by atoms with Crippen LogP contribution in [0.15, 0.2) is 0 Å². The number of hydrogen-bond donors (Lipinski definition) is 2. The van der Waals surface area contributed by atoms with Crippen LogP contribution in [0.3, 0.4) is 0 Å². The van der Waals surface area contributed by atoms with Crippen LogP contribution in [0.5, 0.6) is 0 Å². The SMILES string of the molecule is CN(O)CC1CCCCN1. The molecule has 1 saturated heterocycles. The van der Waals surface area contributed by atoms with E-state index in [2.05, 4.69) is 5.32 Å². The van der Waals surface area contributed by atoms with Gasteiger partial charge in [-0.15, -0.1) is 0 Å². The number of likely N-dealkylation sites (N-methyl/N-ethyl adjacent to an activating group) is 1. The number of rotatable bonds is 2. The summed E-state index contributed by atoms with van der Waals surface area (Å²) in [7, 11) is 1.69. The second-order valence-electron chi connectivity index (χ2n) is 2.99. The molecular formula is C7H16N2O. The second-order valence-corrected chi connectivity index (χ2v) is 2.99. The quantitative estimate of drug-likeness (QED) is 0.552. The van der Waals surface area contributed by atoms with Gasteiger partial charge >= 0.3 is 0 Å². The van der Waals surface area contributed by atoms with Crippen LogP contribution in [-0.2, 0) is 0 Å². The predicted molar refractivity (Wildman–Crippen MR) is 40.1 cm³/mol. The Morgan fingerprint density at radius 3 is 2.90 bits per heavy atom. The molecule has 1 heterocycles. The van der Waals surface area contributed by atoms with Gasteiger partial charge in [-0.2, -0.15) is 5.06 Å². The van der Waals surface area contributed by atoms with Crippen LogP contribution in [0.25, 0.3) is 0 Å². The highest BCUT2D eigenvalue weighted by Crippen LogP contribution is 2.06. The summed E-state index contributed by atoms with van der Waals surface area (Å²) in [6.07, 6.45) is 3.78. The summed E-state index contributed by atoms with van der Waals surface area (Å²) in [5.41, 5.74) is 0. The zero-order chi connectivity index (χ0) is 7.40. The smallest absolute Gasteiger partial charge is 0.0388 e. The van der Waals surface area contributed by atoms with Crippen molar-refractivity contribution in [2.24, 2.45) is 0 Å². The molecule has 3 nitrogen and oxygen atoms in total. The molecule has 0 spiro atoms. The van der Waals surface area contributed by atoms with Crippen LogP contribution in [0.2, 0.25) is 0 Å². The van der Waals surface area contributed by atoms with Crippen LogP contribution < -0.4 is 5.32 Å². The molecule has 3 heteroatoms. The van der Waals surface area contributed by atoms with E-state index in [0.29, 0.717) is 6.04 Å². The molecule has 0 radical (unpaired) electrons. The highest BCUT2D eigenvalue weighted by Gasteiger charge is 2.12. The molecule has 1 aliphatic rings. The molecule has 0 bridgehead atoms. The fraction of sp³-hybridized carbons (Fsp3) is 1.00. The molecule has 1 rings (SSSR count). The van der Waals surface area contributed by atoms with Gasteiger partial charge in [0.05, 0.1) is 0 Å². The van der Waals surface area contributed by atoms with Crippen molar-refractivity contribution in [2.75, 3.05) is 20.1 Å². The molecule has 0 aromatic heterocycles. The second kappa shape index (κ2) is 3.91. The fourth-order valence-electron chi connectivity index (χ4n) is 1.40. The first kappa shape index (κ1) is 7.98. The van der Waals surface area contributed by atoms with Crippen LogP contribution in [0.1, 0.15) is 19.3 Å². The summed E-state index contributed by atoms with van der Waals surface area (Å²) < 4.78 is 0. The van der Waals surface area contributed by atoms with E-state index in [1.807, 2.05) is 0 Å². The first-order chi connectivity index (χ1) is 4.79. The third-order valence-corrected chi connectivity index (χ3v) is 1.90. The third-order valence-electron chi connectivity index (χ3n) is 1.90. The zero-order valence-corrected chi connectivity index (χ0v) is 6.51. The van der Waals surface area contributed by atoms with Crippen molar-refractivity contribution in [3.05, 3.63) is 0 Å². The van der Waals surface area contributed by atoms with E-state index in [0.717, 1.165) is 13.1 Å². The van der Waals surface area contributed by atoms with Crippen LogP contribution >= 0.6 is 0 Å². The Balaban J connectivity index is 2.13. The Morgan fingerprint density at radius 2 is 2.40 bits per heavy atom. The highest BCUT2D eigenvalue weighted by atomic mass is 16.5. The van der Waals surface area contributed by atoms with E-state index in [-0.39, 0.29) is 0 Å². The minimum Gasteiger partial charge on any atom is -0.314 e. The Bertz CT molecular complexity index is 89.6. The van der Waals surface area contributed by atoms with Crippen molar-refractivity contribution >= 4 is 0 Å². The van der Waals surface area contributed by atoms with E-state index >= 15 is 0 Å². The molecule has 1 aliphatic heterocycles. The summed E-state index contributed by atoms with van der Waals surface area (Å²) in [6.45, 7) is 1.86. The highest BCUT2D eigenvalue weighted by molar-refractivity contribution is 4.72. The van der Waals surface area contributed by atoms with E-state index in [4.69, 9.17) is 5.21 Å². The maximum absolute atomic E-state index is 8.90. The van der Waals surface area contributed by atoms with Crippen molar-refractivity contribution < 1.29 is 5.21 Å². The van der Waals surface area contributed by atoms with E-state index in [9.17, 15) is 0 Å². The molecule has 60 valence electrons. The molecule has 0 amide bonds. The monoisotopic (exact) mass is 144 g/mol. The minimum absolute atomic E-state index is 0.503. The maximum atomic E-state index is 8.90. The molecule has 1 fully saturated rings. The van der Waals surface area contributed by atoms with Gasteiger partial charge in [0.15, 0.2) is 0 Å². The lowest BCUT2D eigenvalue weighted by Crippen LogP contribution is -2.41. The molecule has 2 N–H and O–H groups in total. The van der Waals surface area contributed by atoms with Gasteiger partial charge in [-0.25, -0.2) is 0 Å². The Hall–Kier alpha value is -0.120. The summed E-state index contributed by atoms with van der Waals surface area (Å²) in [5, 5.41) is 13.5. The average molecular weight is 144 g/mol. The summed E-state index contributed by atoms with van der Waals surface area (Å²) >= 11 is 0. The van der Waals surface area contributed by atoms with Gasteiger partial charge < -0.3 is 10.5 Å². The van der Waals surface area contributed by atoms with Crippen LogP contribution in [-0.4, -0.2) is 36.4 Å². The van der Waals surface area contributed by atoms with Gasteiger partial charge in [-0.3, -0.25) is 0 Å². The first-order valence-electron chi connectivity index (χ1n) is 3.92. The first-order valence-corrected chi connectivity index (χ1v) is 3.92. The number of hydrogen-bond acceptors (Lipinski definition) is 3. The predicted octanol–water partition coefficient (Wildman–Crippen LogP) is 0.449. The Morgan fingerprint density at radius 1 is 1.60 bits per heavy atom. The van der Waals surface area contributed by atoms with Crippen molar-refractivity contribution in [3.8, 4) is 0 Å². The lowest BCUT2D eigenvalue weighted by atomic mass is 10.1. The molecular weight excluding hydrogens is 128 g/mol. The molecule has 0 aromatic rings. The normalized spacial score (nSPS) is 27.3. The number of piperidine rings is 1. The zero-order valence-electron chi connectivity index (χ0n) is 6.51. The van der Waals surface area contributed by atoms with Gasteiger partial charge in [0, 0.05) is 19.6 Å². The summed E-state index contributed by atoms with van der Waals surface area (Å²) in [5.74, 6) is 0. The van der Waals surface area contributed by atoms with E-state index in [1.54, 1.807) is 7.05 Å². The Labute approximate surface area is 62.0 Å². The van der Waals surface area contributed by atoms with Gasteiger partial charge in [0.1, 0.15) is 0 Å². The van der Waals surface area contributed by atoms with Crippen molar-refractivity contribution in [2.45, 2.75) is 25.3 Å². The maximum Gasteiger partial charge on any atom is 0.0388 e. The Kier molecular flexibility index (Phi) is 3.12. The summed E-state index contributed by atoms with van der Waals surface area (Å²) in [4.78, 5) is 0. The molecule has 1 unspecified atom stereocenters. The van der Waals surface area contributed by atoms with Crippen molar-refractivity contribution in [3.63, 3.8) is 0 Å². The van der Waals surface area contributed by atoms with E-state index in [1.165, 1.54) is 24.3 Å². The van der Waals surface area contributed by atoms with Gasteiger partial charge in [0.25, 0.3) is 0 Å². The number of nitrogens with zero attached hydrogens (tertiary/aromatic N) is 1. The number of nitrogens with one attached hydrogen (secondary N) is 1. The minimum atomic E-state index is 0.503. The lowest BCUT2D eigenvalue weighted by molar-refractivity contribution is -0.0726. The van der Waals surface area contributed by atoms with Gasteiger partial charge in [-0.05, 0) is 19.4 Å². The topological polar surface area (TPSA) is 35.5 Å². The number of hydroxylamine groups is 2.